The Bertz CT molecular complexity index is 256. The molecule has 0 bridgehead atoms. The van der Waals surface area contributed by atoms with Gasteiger partial charge in [-0.25, -0.2) is 0 Å². The standard InChI is InChI=1S/C6H15N3O3S/c7-6(8)9-4-2-1-3-5-13(10,11)12/h1-5H2,(H4,7,8,9)(H,10,11,12). The van der Waals surface area contributed by atoms with E-state index in [2.05, 4.69) is 4.99 Å². The number of guanidine groups is 1. The van der Waals surface area contributed by atoms with Gasteiger partial charge in [-0.1, -0.05) is 6.42 Å². The molecule has 0 spiro atoms. The van der Waals surface area contributed by atoms with Crippen LogP contribution in [0.25, 0.3) is 0 Å². The van der Waals surface area contributed by atoms with Crippen LogP contribution >= 0.6 is 0 Å². The lowest BCUT2D eigenvalue weighted by atomic mass is 10.2. The zero-order valence-electron chi connectivity index (χ0n) is 7.31. The maximum atomic E-state index is 10.3. The lowest BCUT2D eigenvalue weighted by Gasteiger charge is -1.97. The molecular weight excluding hydrogens is 194 g/mol. The van der Waals surface area contributed by atoms with E-state index >= 15 is 0 Å². The fourth-order valence-corrected chi connectivity index (χ4v) is 1.35. The van der Waals surface area contributed by atoms with Crippen molar-refractivity contribution < 1.29 is 13.0 Å². The van der Waals surface area contributed by atoms with Crippen LogP contribution in [0, 0.1) is 0 Å². The molecule has 0 unspecified atom stereocenters. The van der Waals surface area contributed by atoms with E-state index in [1.165, 1.54) is 0 Å². The average molecular weight is 209 g/mol. The van der Waals surface area contributed by atoms with Gasteiger partial charge in [0.15, 0.2) is 5.96 Å². The molecule has 0 aliphatic rings. The van der Waals surface area contributed by atoms with Crippen molar-refractivity contribution in [3.63, 3.8) is 0 Å². The quantitative estimate of drug-likeness (QED) is 0.232. The van der Waals surface area contributed by atoms with Crippen molar-refractivity contribution in [3.8, 4) is 0 Å². The number of rotatable bonds is 6. The van der Waals surface area contributed by atoms with Gasteiger partial charge in [-0.05, 0) is 12.8 Å². The molecule has 0 saturated heterocycles. The molecule has 0 saturated carbocycles. The van der Waals surface area contributed by atoms with Crippen LogP contribution in [0.2, 0.25) is 0 Å². The Labute approximate surface area is 77.8 Å². The van der Waals surface area contributed by atoms with Gasteiger partial charge < -0.3 is 11.5 Å². The number of nitrogens with zero attached hydrogens (tertiary/aromatic N) is 1. The van der Waals surface area contributed by atoms with Crippen LogP contribution in [0.1, 0.15) is 19.3 Å². The molecule has 0 amide bonds. The van der Waals surface area contributed by atoms with Crippen LogP contribution in [0.4, 0.5) is 0 Å². The van der Waals surface area contributed by atoms with Gasteiger partial charge in [0.25, 0.3) is 10.1 Å². The van der Waals surface area contributed by atoms with E-state index in [0.29, 0.717) is 25.8 Å². The second kappa shape index (κ2) is 5.76. The number of nitrogens with two attached hydrogens (primary N) is 2. The summed E-state index contributed by atoms with van der Waals surface area (Å²) in [6, 6.07) is 0. The predicted molar refractivity (Wildman–Crippen MR) is 50.9 cm³/mol. The van der Waals surface area contributed by atoms with Crippen molar-refractivity contribution in [3.05, 3.63) is 0 Å². The van der Waals surface area contributed by atoms with Crippen molar-refractivity contribution in [2.45, 2.75) is 19.3 Å². The molecule has 0 radical (unpaired) electrons. The highest BCUT2D eigenvalue weighted by Gasteiger charge is 2.02. The fraction of sp³-hybridized carbons (Fsp3) is 0.833. The van der Waals surface area contributed by atoms with Crippen molar-refractivity contribution in [1.29, 1.82) is 0 Å². The highest BCUT2D eigenvalue weighted by Crippen LogP contribution is 1.98. The van der Waals surface area contributed by atoms with Crippen LogP contribution in [0.5, 0.6) is 0 Å². The Morgan fingerprint density at radius 3 is 2.31 bits per heavy atom. The third-order valence-electron chi connectivity index (χ3n) is 1.35. The molecule has 78 valence electrons. The molecule has 0 fully saturated rings. The van der Waals surface area contributed by atoms with Gasteiger partial charge in [-0.3, -0.25) is 9.55 Å². The molecule has 0 aromatic heterocycles. The van der Waals surface area contributed by atoms with E-state index in [9.17, 15) is 8.42 Å². The molecule has 0 rings (SSSR count). The number of hydrogen-bond donors (Lipinski definition) is 3. The van der Waals surface area contributed by atoms with Gasteiger partial charge >= 0.3 is 0 Å². The summed E-state index contributed by atoms with van der Waals surface area (Å²) in [6.07, 6.45) is 1.82. The molecule has 13 heavy (non-hydrogen) atoms. The van der Waals surface area contributed by atoms with Crippen molar-refractivity contribution >= 4 is 16.1 Å². The molecule has 0 aromatic rings. The minimum Gasteiger partial charge on any atom is -0.370 e. The zero-order valence-corrected chi connectivity index (χ0v) is 8.13. The average Bonchev–Trinajstić information content (AvgIpc) is 1.93. The number of unbranched alkanes of at least 4 members (excludes halogenated alkanes) is 2. The van der Waals surface area contributed by atoms with Crippen LogP contribution in [-0.2, 0) is 10.1 Å². The lowest BCUT2D eigenvalue weighted by molar-refractivity contribution is 0.479. The van der Waals surface area contributed by atoms with E-state index in [0.717, 1.165) is 0 Å². The summed E-state index contributed by atoms with van der Waals surface area (Å²) >= 11 is 0. The van der Waals surface area contributed by atoms with Gasteiger partial charge in [-0.15, -0.1) is 0 Å². The summed E-state index contributed by atoms with van der Waals surface area (Å²) in [7, 11) is -3.81. The summed E-state index contributed by atoms with van der Waals surface area (Å²) in [5.74, 6) is -0.163. The monoisotopic (exact) mass is 209 g/mol. The first-order valence-electron chi connectivity index (χ1n) is 3.92. The predicted octanol–water partition coefficient (Wildman–Crippen LogP) is -0.682. The van der Waals surface area contributed by atoms with E-state index in [1.807, 2.05) is 0 Å². The van der Waals surface area contributed by atoms with Crippen LogP contribution in [0.3, 0.4) is 0 Å². The molecule has 6 nitrogen and oxygen atoms in total. The summed E-state index contributed by atoms with van der Waals surface area (Å²) in [5, 5.41) is 0. The topological polar surface area (TPSA) is 119 Å². The Balaban J connectivity index is 3.33. The SMILES string of the molecule is NC(N)=NCCCCCS(=O)(=O)O. The smallest absolute Gasteiger partial charge is 0.264 e. The van der Waals surface area contributed by atoms with Gasteiger partial charge in [0.05, 0.1) is 5.75 Å². The highest BCUT2D eigenvalue weighted by atomic mass is 32.2. The molecule has 5 N–H and O–H groups in total. The summed E-state index contributed by atoms with van der Waals surface area (Å²) < 4.78 is 28.9. The first kappa shape index (κ1) is 12.2. The molecule has 0 aliphatic carbocycles. The Hall–Kier alpha value is -0.820. The van der Waals surface area contributed by atoms with Gasteiger partial charge in [-0.2, -0.15) is 8.42 Å². The molecule has 7 heteroatoms. The van der Waals surface area contributed by atoms with E-state index in [1.54, 1.807) is 0 Å². The maximum Gasteiger partial charge on any atom is 0.264 e. The second-order valence-corrected chi connectivity index (χ2v) is 4.23. The van der Waals surface area contributed by atoms with Gasteiger partial charge in [0, 0.05) is 6.54 Å². The minimum atomic E-state index is -3.81. The largest absolute Gasteiger partial charge is 0.370 e. The highest BCUT2D eigenvalue weighted by molar-refractivity contribution is 7.85. The first-order valence-corrected chi connectivity index (χ1v) is 5.53. The summed E-state index contributed by atoms with van der Waals surface area (Å²) in [4.78, 5) is 3.72. The number of aliphatic imine (C=N–C) groups is 1. The Kier molecular flexibility index (Phi) is 5.40. The second-order valence-electron chi connectivity index (χ2n) is 2.65. The molecule has 0 aromatic carbocycles. The summed E-state index contributed by atoms with van der Waals surface area (Å²) in [5.41, 5.74) is 10.1. The van der Waals surface area contributed by atoms with Crippen molar-refractivity contribution in [2.75, 3.05) is 12.3 Å². The van der Waals surface area contributed by atoms with Gasteiger partial charge in [0.1, 0.15) is 0 Å². The normalized spacial score (nSPS) is 11.2. The Morgan fingerprint density at radius 2 is 1.85 bits per heavy atom. The fourth-order valence-electron chi connectivity index (χ4n) is 0.781. The van der Waals surface area contributed by atoms with Crippen LogP contribution in [0.15, 0.2) is 4.99 Å². The van der Waals surface area contributed by atoms with E-state index < -0.39 is 10.1 Å². The lowest BCUT2D eigenvalue weighted by Crippen LogP contribution is -2.22. The van der Waals surface area contributed by atoms with E-state index in [4.69, 9.17) is 16.0 Å². The van der Waals surface area contributed by atoms with Gasteiger partial charge in [0.2, 0.25) is 0 Å². The summed E-state index contributed by atoms with van der Waals surface area (Å²) in [6.45, 7) is 0.494. The first-order chi connectivity index (χ1) is 5.92. The molecule has 0 aliphatic heterocycles. The maximum absolute atomic E-state index is 10.3. The molecule has 0 heterocycles. The third kappa shape index (κ3) is 11.2. The van der Waals surface area contributed by atoms with E-state index in [-0.39, 0.29) is 11.7 Å². The minimum absolute atomic E-state index is 0.0368. The zero-order chi connectivity index (χ0) is 10.3. The van der Waals surface area contributed by atoms with Crippen LogP contribution < -0.4 is 11.5 Å². The van der Waals surface area contributed by atoms with Crippen LogP contribution in [-0.4, -0.2) is 31.2 Å². The molecule has 0 atom stereocenters. The van der Waals surface area contributed by atoms with Crippen molar-refractivity contribution in [2.24, 2.45) is 16.5 Å². The number of hydrogen-bond acceptors (Lipinski definition) is 3. The molecular formula is C6H15N3O3S. The Morgan fingerprint density at radius 1 is 1.23 bits per heavy atom. The third-order valence-corrected chi connectivity index (χ3v) is 2.16. The van der Waals surface area contributed by atoms with Crippen molar-refractivity contribution in [1.82, 2.24) is 0 Å².